The second kappa shape index (κ2) is 6.19. The van der Waals surface area contributed by atoms with Crippen molar-refractivity contribution in [3.8, 4) is 0 Å². The van der Waals surface area contributed by atoms with Crippen LogP contribution in [0.5, 0.6) is 0 Å². The van der Waals surface area contributed by atoms with Gasteiger partial charge in [0.1, 0.15) is 0 Å². The van der Waals surface area contributed by atoms with Crippen LogP contribution in [0.15, 0.2) is 0 Å². The first-order valence-electron chi connectivity index (χ1n) is 7.59. The molecule has 0 radical (unpaired) electrons. The van der Waals surface area contributed by atoms with E-state index in [0.29, 0.717) is 5.92 Å². The van der Waals surface area contributed by atoms with Crippen LogP contribution in [0.2, 0.25) is 0 Å². The average Bonchev–Trinajstić information content (AvgIpc) is 2.21. The maximum atomic E-state index is 10.1. The van der Waals surface area contributed by atoms with Crippen molar-refractivity contribution in [3.05, 3.63) is 0 Å². The highest BCUT2D eigenvalue weighted by molar-refractivity contribution is 4.85. The predicted molar refractivity (Wildman–Crippen MR) is 72.0 cm³/mol. The van der Waals surface area contributed by atoms with Crippen molar-refractivity contribution in [3.63, 3.8) is 0 Å². The van der Waals surface area contributed by atoms with Gasteiger partial charge < -0.3 is 10.0 Å². The summed E-state index contributed by atoms with van der Waals surface area (Å²) in [7, 11) is 2.25. The van der Waals surface area contributed by atoms with E-state index < -0.39 is 0 Å². The number of nitrogens with zero attached hydrogens (tertiary/aromatic N) is 1. The largest absolute Gasteiger partial charge is 0.393 e. The quantitative estimate of drug-likeness (QED) is 0.797. The normalized spacial score (nSPS) is 34.9. The predicted octanol–water partition coefficient (Wildman–Crippen LogP) is 3.05. The Hall–Kier alpha value is -0.0800. The van der Waals surface area contributed by atoms with Gasteiger partial charge in [0.2, 0.25) is 0 Å². The van der Waals surface area contributed by atoms with E-state index in [1.807, 2.05) is 0 Å². The fourth-order valence-corrected chi connectivity index (χ4v) is 3.56. The molecule has 100 valence electrons. The van der Waals surface area contributed by atoms with Gasteiger partial charge in [-0.15, -0.1) is 0 Å². The summed E-state index contributed by atoms with van der Waals surface area (Å²) in [4.78, 5) is 2.51. The molecule has 0 spiro atoms. The molecule has 2 heteroatoms. The molecule has 0 aromatic heterocycles. The maximum absolute atomic E-state index is 10.1. The van der Waals surface area contributed by atoms with E-state index in [1.165, 1.54) is 44.9 Å². The van der Waals surface area contributed by atoms with Crippen molar-refractivity contribution in [2.45, 2.75) is 70.4 Å². The van der Waals surface area contributed by atoms with Gasteiger partial charge in [-0.25, -0.2) is 0 Å². The zero-order valence-electron chi connectivity index (χ0n) is 11.6. The Morgan fingerprint density at radius 3 is 2.53 bits per heavy atom. The molecule has 0 heterocycles. The lowest BCUT2D eigenvalue weighted by Crippen LogP contribution is -2.44. The summed E-state index contributed by atoms with van der Waals surface area (Å²) in [6.45, 7) is 3.40. The maximum Gasteiger partial charge on any atom is 0.0580 e. The van der Waals surface area contributed by atoms with Crippen molar-refractivity contribution in [1.82, 2.24) is 4.90 Å². The molecule has 2 rings (SSSR count). The van der Waals surface area contributed by atoms with Crippen LogP contribution in [0.3, 0.4) is 0 Å². The minimum Gasteiger partial charge on any atom is -0.393 e. The van der Waals surface area contributed by atoms with Crippen LogP contribution in [-0.2, 0) is 0 Å². The molecule has 3 unspecified atom stereocenters. The second-order valence-electron chi connectivity index (χ2n) is 6.32. The van der Waals surface area contributed by atoms with E-state index in [4.69, 9.17) is 0 Å². The number of aliphatic hydroxyl groups is 1. The van der Waals surface area contributed by atoms with Gasteiger partial charge in [-0.05, 0) is 51.0 Å². The molecule has 0 saturated heterocycles. The van der Waals surface area contributed by atoms with Crippen LogP contribution in [0.1, 0.15) is 58.3 Å². The summed E-state index contributed by atoms with van der Waals surface area (Å²) in [6, 6.07) is 0.814. The fourth-order valence-electron chi connectivity index (χ4n) is 3.56. The molecule has 2 nitrogen and oxygen atoms in total. The number of hydrogen-bond donors (Lipinski definition) is 1. The first kappa shape index (κ1) is 13.4. The molecule has 3 atom stereocenters. The molecule has 2 aliphatic rings. The fraction of sp³-hybridized carbons (Fsp3) is 1.00. The zero-order valence-corrected chi connectivity index (χ0v) is 11.6. The highest BCUT2D eigenvalue weighted by atomic mass is 16.3. The van der Waals surface area contributed by atoms with Crippen molar-refractivity contribution in [2.24, 2.45) is 11.8 Å². The standard InChI is InChI=1S/C15H29NO/c1-3-5-12-8-9-15(17)13(10-12)11-16(2)14-6-4-7-14/h12-15,17H,3-11H2,1-2H3. The summed E-state index contributed by atoms with van der Waals surface area (Å²) in [5, 5.41) is 10.1. The van der Waals surface area contributed by atoms with Gasteiger partial charge in [0.05, 0.1) is 6.10 Å². The number of rotatable bonds is 5. The first-order valence-corrected chi connectivity index (χ1v) is 7.59. The van der Waals surface area contributed by atoms with E-state index in [1.54, 1.807) is 0 Å². The van der Waals surface area contributed by atoms with Crippen molar-refractivity contribution in [2.75, 3.05) is 13.6 Å². The molecular formula is C15H29NO. The molecule has 17 heavy (non-hydrogen) atoms. The van der Waals surface area contributed by atoms with Crippen molar-refractivity contribution in [1.29, 1.82) is 0 Å². The molecule has 1 N–H and O–H groups in total. The van der Waals surface area contributed by atoms with Gasteiger partial charge in [0, 0.05) is 12.6 Å². The SMILES string of the molecule is CCCC1CCC(O)C(CN(C)C2CCC2)C1. The van der Waals surface area contributed by atoms with Gasteiger partial charge in [-0.2, -0.15) is 0 Å². The molecule has 2 fully saturated rings. The highest BCUT2D eigenvalue weighted by Crippen LogP contribution is 2.34. The van der Waals surface area contributed by atoms with Gasteiger partial charge in [0.15, 0.2) is 0 Å². The Balaban J connectivity index is 1.79. The minimum absolute atomic E-state index is 0.0365. The first-order chi connectivity index (χ1) is 8.20. The third-order valence-corrected chi connectivity index (χ3v) is 4.97. The van der Waals surface area contributed by atoms with Crippen LogP contribution < -0.4 is 0 Å². The Kier molecular flexibility index (Phi) is 4.87. The molecule has 0 amide bonds. The molecule has 0 aromatic carbocycles. The van der Waals surface area contributed by atoms with Crippen LogP contribution in [0.25, 0.3) is 0 Å². The number of aliphatic hydroxyl groups excluding tert-OH is 1. The molecular weight excluding hydrogens is 210 g/mol. The van der Waals surface area contributed by atoms with Gasteiger partial charge in [-0.3, -0.25) is 0 Å². The molecule has 2 saturated carbocycles. The van der Waals surface area contributed by atoms with Crippen LogP contribution in [0, 0.1) is 11.8 Å². The molecule has 0 aliphatic heterocycles. The molecule has 0 bridgehead atoms. The summed E-state index contributed by atoms with van der Waals surface area (Å²) in [5.74, 6) is 1.41. The third-order valence-electron chi connectivity index (χ3n) is 4.97. The van der Waals surface area contributed by atoms with Crippen molar-refractivity contribution < 1.29 is 5.11 Å². The monoisotopic (exact) mass is 239 g/mol. The smallest absolute Gasteiger partial charge is 0.0580 e. The van der Waals surface area contributed by atoms with Gasteiger partial charge in [0.25, 0.3) is 0 Å². The van der Waals surface area contributed by atoms with E-state index in [2.05, 4.69) is 18.9 Å². The summed E-state index contributed by atoms with van der Waals surface area (Å²) in [5.41, 5.74) is 0. The summed E-state index contributed by atoms with van der Waals surface area (Å²) >= 11 is 0. The van der Waals surface area contributed by atoms with E-state index in [0.717, 1.165) is 24.9 Å². The van der Waals surface area contributed by atoms with E-state index >= 15 is 0 Å². The summed E-state index contributed by atoms with van der Waals surface area (Å²) in [6.07, 6.45) is 10.3. The lowest BCUT2D eigenvalue weighted by atomic mass is 9.77. The molecule has 2 aliphatic carbocycles. The van der Waals surface area contributed by atoms with E-state index in [9.17, 15) is 5.11 Å². The second-order valence-corrected chi connectivity index (χ2v) is 6.32. The Morgan fingerprint density at radius 2 is 1.94 bits per heavy atom. The average molecular weight is 239 g/mol. The lowest BCUT2D eigenvalue weighted by Gasteiger charge is -2.40. The summed E-state index contributed by atoms with van der Waals surface area (Å²) < 4.78 is 0. The van der Waals surface area contributed by atoms with Crippen LogP contribution >= 0.6 is 0 Å². The minimum atomic E-state index is -0.0365. The topological polar surface area (TPSA) is 23.5 Å². The van der Waals surface area contributed by atoms with Gasteiger partial charge in [-0.1, -0.05) is 26.2 Å². The van der Waals surface area contributed by atoms with Crippen LogP contribution in [0.4, 0.5) is 0 Å². The van der Waals surface area contributed by atoms with Crippen molar-refractivity contribution >= 4 is 0 Å². The Morgan fingerprint density at radius 1 is 1.18 bits per heavy atom. The van der Waals surface area contributed by atoms with Gasteiger partial charge >= 0.3 is 0 Å². The highest BCUT2D eigenvalue weighted by Gasteiger charge is 2.31. The number of hydrogen-bond acceptors (Lipinski definition) is 2. The zero-order chi connectivity index (χ0) is 12.3. The van der Waals surface area contributed by atoms with E-state index in [-0.39, 0.29) is 6.10 Å². The lowest BCUT2D eigenvalue weighted by molar-refractivity contribution is 0.0154. The molecule has 0 aromatic rings. The van der Waals surface area contributed by atoms with Crippen LogP contribution in [-0.4, -0.2) is 35.7 Å². The third kappa shape index (κ3) is 3.45. The Bertz CT molecular complexity index is 227. The Labute approximate surface area is 106 Å².